The molecule has 1 aliphatic carbocycles. The Morgan fingerprint density at radius 1 is 1.43 bits per heavy atom. The lowest BCUT2D eigenvalue weighted by Crippen LogP contribution is -2.44. The van der Waals surface area contributed by atoms with E-state index in [0.29, 0.717) is 13.0 Å². The van der Waals surface area contributed by atoms with Gasteiger partial charge in [0.25, 0.3) is 0 Å². The van der Waals surface area contributed by atoms with E-state index in [1.54, 1.807) is 7.11 Å². The summed E-state index contributed by atoms with van der Waals surface area (Å²) in [5.41, 5.74) is 8.50. The van der Waals surface area contributed by atoms with E-state index >= 15 is 0 Å². The van der Waals surface area contributed by atoms with Gasteiger partial charge in [-0.25, -0.2) is 0 Å². The van der Waals surface area contributed by atoms with Crippen LogP contribution in [0, 0.1) is 5.41 Å². The van der Waals surface area contributed by atoms with Crippen molar-refractivity contribution in [2.45, 2.75) is 31.7 Å². The molecule has 1 aliphatic rings. The summed E-state index contributed by atoms with van der Waals surface area (Å²) >= 11 is 0. The van der Waals surface area contributed by atoms with Crippen LogP contribution in [-0.2, 0) is 16.0 Å². The van der Waals surface area contributed by atoms with Crippen LogP contribution in [0.3, 0.4) is 0 Å². The van der Waals surface area contributed by atoms with Crippen molar-refractivity contribution < 1.29 is 9.53 Å². The van der Waals surface area contributed by atoms with Crippen LogP contribution >= 0.6 is 0 Å². The number of nitrogens with two attached hydrogens (primary N) is 1. The zero-order valence-electron chi connectivity index (χ0n) is 13.6. The van der Waals surface area contributed by atoms with Gasteiger partial charge in [0.15, 0.2) is 0 Å². The van der Waals surface area contributed by atoms with Crippen molar-refractivity contribution in [2.75, 3.05) is 20.3 Å². The lowest BCUT2D eigenvalue weighted by molar-refractivity contribution is -0.122. The van der Waals surface area contributed by atoms with E-state index in [4.69, 9.17) is 10.5 Å². The Kier molecular flexibility index (Phi) is 4.68. The molecule has 1 fully saturated rings. The summed E-state index contributed by atoms with van der Waals surface area (Å²) < 4.78 is 5.14. The largest absolute Gasteiger partial charge is 0.385 e. The summed E-state index contributed by atoms with van der Waals surface area (Å²) in [6, 6.07) is 7.54. The van der Waals surface area contributed by atoms with Crippen LogP contribution in [0.25, 0.3) is 10.9 Å². The number of para-hydroxylation sites is 1. The number of aromatic nitrogens is 1. The van der Waals surface area contributed by atoms with Crippen molar-refractivity contribution in [1.29, 1.82) is 0 Å². The Labute approximate surface area is 136 Å². The number of benzene rings is 1. The third-order valence-corrected chi connectivity index (χ3v) is 4.88. The summed E-state index contributed by atoms with van der Waals surface area (Å²) in [4.78, 5) is 15.5. The Hall–Kier alpha value is -1.85. The second-order valence-electron chi connectivity index (χ2n) is 6.63. The molecule has 0 aliphatic heterocycles. The highest BCUT2D eigenvalue weighted by atomic mass is 16.5. The molecule has 23 heavy (non-hydrogen) atoms. The van der Waals surface area contributed by atoms with Crippen LogP contribution in [-0.4, -0.2) is 37.2 Å². The Morgan fingerprint density at radius 3 is 2.96 bits per heavy atom. The van der Waals surface area contributed by atoms with Crippen molar-refractivity contribution in [3.05, 3.63) is 36.0 Å². The number of H-pyrrole nitrogens is 1. The van der Waals surface area contributed by atoms with E-state index in [9.17, 15) is 4.79 Å². The maximum Gasteiger partial charge on any atom is 0.237 e. The zero-order chi connectivity index (χ0) is 16.3. The quantitative estimate of drug-likeness (QED) is 0.697. The van der Waals surface area contributed by atoms with Crippen LogP contribution in [0.15, 0.2) is 30.5 Å². The molecule has 0 unspecified atom stereocenters. The highest BCUT2D eigenvalue weighted by Crippen LogP contribution is 2.48. The molecule has 0 spiro atoms. The third kappa shape index (κ3) is 3.74. The van der Waals surface area contributed by atoms with Crippen LogP contribution in [0.5, 0.6) is 0 Å². The lowest BCUT2D eigenvalue weighted by atomic mass is 10.0. The van der Waals surface area contributed by atoms with E-state index < -0.39 is 6.04 Å². The number of aromatic amines is 1. The molecular formula is C18H25N3O2. The van der Waals surface area contributed by atoms with Gasteiger partial charge in [-0.1, -0.05) is 18.2 Å². The van der Waals surface area contributed by atoms with Crippen LogP contribution in [0.4, 0.5) is 0 Å². The number of carbonyl (C=O) groups excluding carboxylic acids is 1. The predicted molar refractivity (Wildman–Crippen MR) is 91.1 cm³/mol. The molecule has 124 valence electrons. The second kappa shape index (κ2) is 6.72. The number of carbonyl (C=O) groups is 1. The molecule has 1 aromatic carbocycles. The van der Waals surface area contributed by atoms with Gasteiger partial charge >= 0.3 is 0 Å². The number of amides is 1. The van der Waals surface area contributed by atoms with Crippen molar-refractivity contribution in [3.63, 3.8) is 0 Å². The second-order valence-corrected chi connectivity index (χ2v) is 6.63. The monoisotopic (exact) mass is 315 g/mol. The maximum absolute atomic E-state index is 12.3. The minimum Gasteiger partial charge on any atom is -0.385 e. The molecule has 0 saturated heterocycles. The van der Waals surface area contributed by atoms with Gasteiger partial charge in [0, 0.05) is 37.4 Å². The lowest BCUT2D eigenvalue weighted by Gasteiger charge is -2.18. The summed E-state index contributed by atoms with van der Waals surface area (Å²) in [7, 11) is 1.71. The Morgan fingerprint density at radius 2 is 2.22 bits per heavy atom. The summed E-state index contributed by atoms with van der Waals surface area (Å²) in [5.74, 6) is -0.0704. The summed E-state index contributed by atoms with van der Waals surface area (Å²) in [6.07, 6.45) is 5.81. The molecular weight excluding hydrogens is 290 g/mol. The molecule has 1 heterocycles. The first-order valence-corrected chi connectivity index (χ1v) is 8.21. The molecule has 0 radical (unpaired) electrons. The van der Waals surface area contributed by atoms with Gasteiger partial charge in [-0.05, 0) is 42.7 Å². The molecule has 0 bridgehead atoms. The number of ether oxygens (including phenoxy) is 1. The van der Waals surface area contributed by atoms with Gasteiger partial charge < -0.3 is 20.8 Å². The van der Waals surface area contributed by atoms with Crippen molar-refractivity contribution in [3.8, 4) is 0 Å². The molecule has 1 saturated carbocycles. The van der Waals surface area contributed by atoms with Gasteiger partial charge in [-0.15, -0.1) is 0 Å². The van der Waals surface area contributed by atoms with E-state index in [1.807, 2.05) is 24.4 Å². The van der Waals surface area contributed by atoms with Crippen molar-refractivity contribution in [1.82, 2.24) is 10.3 Å². The fraction of sp³-hybridized carbons (Fsp3) is 0.500. The standard InChI is InChI=1S/C18H25N3O2/c1-23-9-8-18(6-7-18)12-21-17(22)15(19)10-13-11-20-16-5-3-2-4-14(13)16/h2-5,11,15,20H,6-10,12,19H2,1H3,(H,21,22)/t15-/m0/s1. The SMILES string of the molecule is COCCC1(CNC(=O)[C@@H](N)Cc2c[nH]c3ccccc23)CC1. The van der Waals surface area contributed by atoms with Gasteiger partial charge in [0.2, 0.25) is 5.91 Å². The normalized spacial score (nSPS) is 17.1. The van der Waals surface area contributed by atoms with Gasteiger partial charge in [0.05, 0.1) is 6.04 Å². The van der Waals surface area contributed by atoms with Crippen LogP contribution in [0.1, 0.15) is 24.8 Å². The molecule has 1 atom stereocenters. The maximum atomic E-state index is 12.3. The zero-order valence-corrected chi connectivity index (χ0v) is 13.6. The van der Waals surface area contributed by atoms with Gasteiger partial charge in [-0.3, -0.25) is 4.79 Å². The van der Waals surface area contributed by atoms with E-state index in [0.717, 1.165) is 42.3 Å². The molecule has 4 N–H and O–H groups in total. The number of methoxy groups -OCH3 is 1. The summed E-state index contributed by atoms with van der Waals surface area (Å²) in [5, 5.41) is 4.16. The van der Waals surface area contributed by atoms with Gasteiger partial charge in [0.1, 0.15) is 0 Å². The number of hydrogen-bond acceptors (Lipinski definition) is 3. The van der Waals surface area contributed by atoms with Crippen molar-refractivity contribution >= 4 is 16.8 Å². The molecule has 5 heteroatoms. The molecule has 3 rings (SSSR count). The third-order valence-electron chi connectivity index (χ3n) is 4.88. The van der Waals surface area contributed by atoms with Gasteiger partial charge in [-0.2, -0.15) is 0 Å². The molecule has 5 nitrogen and oxygen atoms in total. The molecule has 2 aromatic rings. The highest BCUT2D eigenvalue weighted by Gasteiger charge is 2.42. The van der Waals surface area contributed by atoms with E-state index in [1.165, 1.54) is 0 Å². The average molecular weight is 315 g/mol. The minimum atomic E-state index is -0.521. The summed E-state index contributed by atoms with van der Waals surface area (Å²) in [6.45, 7) is 1.45. The predicted octanol–water partition coefficient (Wildman–Crippen LogP) is 1.97. The topological polar surface area (TPSA) is 80.1 Å². The smallest absolute Gasteiger partial charge is 0.237 e. The first-order valence-electron chi connectivity index (χ1n) is 8.21. The average Bonchev–Trinajstić information content (AvgIpc) is 3.24. The van der Waals surface area contributed by atoms with Crippen molar-refractivity contribution in [2.24, 2.45) is 11.1 Å². The first kappa shape index (κ1) is 16.0. The highest BCUT2D eigenvalue weighted by molar-refractivity contribution is 5.86. The first-order chi connectivity index (χ1) is 11.1. The Bertz CT molecular complexity index is 676. The van der Waals surface area contributed by atoms with Crippen LogP contribution in [0.2, 0.25) is 0 Å². The number of nitrogens with one attached hydrogen (secondary N) is 2. The number of fused-ring (bicyclic) bond motifs is 1. The molecule has 1 amide bonds. The molecule has 1 aromatic heterocycles. The minimum absolute atomic E-state index is 0.0704. The van der Waals surface area contributed by atoms with E-state index in [2.05, 4.69) is 16.4 Å². The number of hydrogen-bond donors (Lipinski definition) is 3. The fourth-order valence-electron chi connectivity index (χ4n) is 3.05. The Balaban J connectivity index is 1.54. The van der Waals surface area contributed by atoms with Crippen LogP contribution < -0.4 is 11.1 Å². The van der Waals surface area contributed by atoms with E-state index in [-0.39, 0.29) is 11.3 Å². The number of rotatable bonds is 8. The fourth-order valence-corrected chi connectivity index (χ4v) is 3.05.